The number of benzene rings is 3. The van der Waals surface area contributed by atoms with Crippen LogP contribution in [0.5, 0.6) is 0 Å². The number of para-hydroxylation sites is 1. The number of hydrogen-bond acceptors (Lipinski definition) is 6. The van der Waals surface area contributed by atoms with Gasteiger partial charge in [-0.2, -0.15) is 4.98 Å². The molecule has 4 aromatic rings. The standard InChI is InChI=1S/C31H37N5O2S/c1-23-12-18-27(19-13-23)39(37,38)33-21-25-16-14-24(15-17-25)20-32-31-34-29-11-7-6-10-28(29)30(35-31)36(2)22-26-8-4-3-5-9-26/h3-13,18-19,24-25,33H,14-17,20-22H2,1-2H3,(H,32,34,35). The van der Waals surface area contributed by atoms with Gasteiger partial charge in [-0.25, -0.2) is 18.1 Å². The monoisotopic (exact) mass is 543 g/mol. The highest BCUT2D eigenvalue weighted by molar-refractivity contribution is 7.89. The van der Waals surface area contributed by atoms with Crippen molar-refractivity contribution in [1.29, 1.82) is 0 Å². The minimum absolute atomic E-state index is 0.329. The van der Waals surface area contributed by atoms with Gasteiger partial charge >= 0.3 is 0 Å². The van der Waals surface area contributed by atoms with E-state index in [0.29, 0.717) is 29.2 Å². The largest absolute Gasteiger partial charge is 0.355 e. The summed E-state index contributed by atoms with van der Waals surface area (Å²) in [5, 5.41) is 4.54. The Bertz CT molecular complexity index is 1480. The molecule has 1 aliphatic carbocycles. The Morgan fingerprint density at radius 1 is 0.821 bits per heavy atom. The molecule has 1 fully saturated rings. The summed E-state index contributed by atoms with van der Waals surface area (Å²) in [5.41, 5.74) is 3.20. The summed E-state index contributed by atoms with van der Waals surface area (Å²) in [7, 11) is -1.40. The Morgan fingerprint density at radius 3 is 2.18 bits per heavy atom. The van der Waals surface area contributed by atoms with E-state index >= 15 is 0 Å². The first-order valence-electron chi connectivity index (χ1n) is 13.7. The summed E-state index contributed by atoms with van der Waals surface area (Å²) >= 11 is 0. The van der Waals surface area contributed by atoms with Crippen molar-refractivity contribution in [2.75, 3.05) is 30.4 Å². The van der Waals surface area contributed by atoms with Crippen LogP contribution in [-0.2, 0) is 16.6 Å². The van der Waals surface area contributed by atoms with E-state index in [1.165, 1.54) is 5.56 Å². The van der Waals surface area contributed by atoms with Crippen LogP contribution < -0.4 is 14.9 Å². The van der Waals surface area contributed by atoms with E-state index in [1.807, 2.05) is 43.3 Å². The molecule has 204 valence electrons. The number of rotatable bonds is 10. The number of aryl methyl sites for hydroxylation is 1. The van der Waals surface area contributed by atoms with Crippen LogP contribution in [0.3, 0.4) is 0 Å². The van der Waals surface area contributed by atoms with Gasteiger partial charge in [-0.1, -0.05) is 60.2 Å². The Kier molecular flexibility index (Phi) is 8.43. The molecule has 0 bridgehead atoms. The topological polar surface area (TPSA) is 87.2 Å². The second kappa shape index (κ2) is 12.1. The molecule has 0 unspecified atom stereocenters. The Labute approximate surface area is 231 Å². The number of aromatic nitrogens is 2. The van der Waals surface area contributed by atoms with Gasteiger partial charge in [0.1, 0.15) is 5.82 Å². The molecule has 1 heterocycles. The average molecular weight is 544 g/mol. The number of sulfonamides is 1. The fourth-order valence-electron chi connectivity index (χ4n) is 5.27. The zero-order chi connectivity index (χ0) is 27.2. The third-order valence-corrected chi connectivity index (χ3v) is 9.06. The molecule has 1 aliphatic rings. The lowest BCUT2D eigenvalue weighted by atomic mass is 9.82. The lowest BCUT2D eigenvalue weighted by Crippen LogP contribution is -2.32. The third kappa shape index (κ3) is 6.94. The zero-order valence-electron chi connectivity index (χ0n) is 22.7. The summed E-state index contributed by atoms with van der Waals surface area (Å²) in [6.45, 7) is 4.01. The first-order chi connectivity index (χ1) is 18.9. The first kappa shape index (κ1) is 27.1. The maximum absolute atomic E-state index is 12.6. The van der Waals surface area contributed by atoms with Crippen LogP contribution in [0.15, 0.2) is 83.8 Å². The van der Waals surface area contributed by atoms with E-state index in [1.54, 1.807) is 12.1 Å². The average Bonchev–Trinajstić information content (AvgIpc) is 2.96. The molecule has 0 atom stereocenters. The molecule has 0 aliphatic heterocycles. The van der Waals surface area contributed by atoms with Crippen LogP contribution in [0.4, 0.5) is 11.8 Å². The smallest absolute Gasteiger partial charge is 0.240 e. The van der Waals surface area contributed by atoms with Crippen molar-refractivity contribution in [3.8, 4) is 0 Å². The highest BCUT2D eigenvalue weighted by atomic mass is 32.2. The minimum Gasteiger partial charge on any atom is -0.355 e. The van der Waals surface area contributed by atoms with E-state index < -0.39 is 10.0 Å². The van der Waals surface area contributed by atoms with E-state index in [2.05, 4.69) is 52.3 Å². The maximum Gasteiger partial charge on any atom is 0.240 e. The molecule has 7 nitrogen and oxygen atoms in total. The number of hydrogen-bond donors (Lipinski definition) is 2. The normalized spacial score (nSPS) is 17.7. The van der Waals surface area contributed by atoms with Crippen molar-refractivity contribution in [1.82, 2.24) is 14.7 Å². The predicted molar refractivity (Wildman–Crippen MR) is 158 cm³/mol. The first-order valence-corrected chi connectivity index (χ1v) is 15.2. The van der Waals surface area contributed by atoms with Gasteiger partial charge in [0.2, 0.25) is 16.0 Å². The van der Waals surface area contributed by atoms with Crippen LogP contribution in [0.1, 0.15) is 36.8 Å². The van der Waals surface area contributed by atoms with Gasteiger partial charge in [0, 0.05) is 32.1 Å². The predicted octanol–water partition coefficient (Wildman–Crippen LogP) is 5.77. The Hall–Kier alpha value is -3.49. The molecular formula is C31H37N5O2S. The fourth-order valence-corrected chi connectivity index (χ4v) is 6.38. The van der Waals surface area contributed by atoms with Crippen molar-refractivity contribution >= 4 is 32.7 Å². The highest BCUT2D eigenvalue weighted by Gasteiger charge is 2.24. The molecule has 1 aromatic heterocycles. The van der Waals surface area contributed by atoms with Gasteiger partial charge in [-0.05, 0) is 74.3 Å². The summed E-state index contributed by atoms with van der Waals surface area (Å²) in [4.78, 5) is 12.2. The van der Waals surface area contributed by atoms with Crippen molar-refractivity contribution in [3.05, 3.63) is 90.0 Å². The van der Waals surface area contributed by atoms with Crippen LogP contribution in [0, 0.1) is 18.8 Å². The number of anilines is 2. The summed E-state index contributed by atoms with van der Waals surface area (Å²) < 4.78 is 28.1. The molecule has 0 saturated heterocycles. The molecule has 3 aromatic carbocycles. The summed E-state index contributed by atoms with van der Waals surface area (Å²) in [6.07, 6.45) is 4.12. The van der Waals surface area contributed by atoms with Gasteiger partial charge < -0.3 is 10.2 Å². The van der Waals surface area contributed by atoms with E-state index in [0.717, 1.165) is 61.1 Å². The SMILES string of the molecule is Cc1ccc(S(=O)(=O)NCC2CCC(CNc3nc(N(C)Cc4ccccc4)c4ccccc4n3)CC2)cc1. The second-order valence-electron chi connectivity index (χ2n) is 10.7. The zero-order valence-corrected chi connectivity index (χ0v) is 23.5. The second-order valence-corrected chi connectivity index (χ2v) is 12.4. The van der Waals surface area contributed by atoms with E-state index in [-0.39, 0.29) is 0 Å². The Morgan fingerprint density at radius 2 is 1.46 bits per heavy atom. The van der Waals surface area contributed by atoms with Gasteiger partial charge in [0.25, 0.3) is 0 Å². The van der Waals surface area contributed by atoms with Crippen molar-refractivity contribution in [2.45, 2.75) is 44.0 Å². The van der Waals surface area contributed by atoms with Gasteiger partial charge in [-0.15, -0.1) is 0 Å². The Balaban J connectivity index is 1.16. The molecule has 1 saturated carbocycles. The van der Waals surface area contributed by atoms with E-state index in [4.69, 9.17) is 9.97 Å². The van der Waals surface area contributed by atoms with Crippen LogP contribution >= 0.6 is 0 Å². The van der Waals surface area contributed by atoms with Gasteiger partial charge in [-0.3, -0.25) is 0 Å². The fraction of sp³-hybridized carbons (Fsp3) is 0.355. The molecule has 2 N–H and O–H groups in total. The lowest BCUT2D eigenvalue weighted by Gasteiger charge is -2.29. The van der Waals surface area contributed by atoms with Crippen LogP contribution in [0.2, 0.25) is 0 Å². The van der Waals surface area contributed by atoms with Crippen molar-refractivity contribution < 1.29 is 8.42 Å². The molecule has 8 heteroatoms. The molecular weight excluding hydrogens is 506 g/mol. The third-order valence-electron chi connectivity index (χ3n) is 7.62. The van der Waals surface area contributed by atoms with Crippen molar-refractivity contribution in [2.24, 2.45) is 11.8 Å². The minimum atomic E-state index is -3.47. The summed E-state index contributed by atoms with van der Waals surface area (Å²) in [5.74, 6) is 2.43. The maximum atomic E-state index is 12.6. The lowest BCUT2D eigenvalue weighted by molar-refractivity contribution is 0.284. The number of nitrogens with one attached hydrogen (secondary N) is 2. The quantitative estimate of drug-likeness (QED) is 0.264. The molecule has 0 amide bonds. The van der Waals surface area contributed by atoms with Crippen LogP contribution in [0.25, 0.3) is 10.9 Å². The van der Waals surface area contributed by atoms with Crippen molar-refractivity contribution in [3.63, 3.8) is 0 Å². The molecule has 0 radical (unpaired) electrons. The summed E-state index contributed by atoms with van der Waals surface area (Å²) in [6, 6.07) is 25.5. The molecule has 39 heavy (non-hydrogen) atoms. The number of fused-ring (bicyclic) bond motifs is 1. The number of nitrogens with zero attached hydrogens (tertiary/aromatic N) is 3. The van der Waals surface area contributed by atoms with Gasteiger partial charge in [0.15, 0.2) is 0 Å². The van der Waals surface area contributed by atoms with Crippen LogP contribution in [-0.4, -0.2) is 38.5 Å². The molecule has 0 spiro atoms. The highest BCUT2D eigenvalue weighted by Crippen LogP contribution is 2.30. The molecule has 5 rings (SSSR count). The van der Waals surface area contributed by atoms with E-state index in [9.17, 15) is 8.42 Å². The van der Waals surface area contributed by atoms with Gasteiger partial charge in [0.05, 0.1) is 10.4 Å².